The van der Waals surface area contributed by atoms with Crippen molar-refractivity contribution in [2.75, 3.05) is 6.61 Å². The predicted molar refractivity (Wildman–Crippen MR) is 56.7 cm³/mol. The minimum absolute atomic E-state index is 0.101. The number of carbonyl (C=O) groups excluding carboxylic acids is 1. The van der Waals surface area contributed by atoms with Crippen LogP contribution in [0.2, 0.25) is 0 Å². The summed E-state index contributed by atoms with van der Waals surface area (Å²) < 4.78 is 5.22. The maximum Gasteiger partial charge on any atom is 0.259 e. The smallest absolute Gasteiger partial charge is 0.259 e. The van der Waals surface area contributed by atoms with Gasteiger partial charge in [-0.1, -0.05) is 24.3 Å². The number of carbonyl (C=O) groups is 1. The van der Waals surface area contributed by atoms with Crippen molar-refractivity contribution >= 4 is 16.8 Å². The molecule has 1 rings (SSSR count). The van der Waals surface area contributed by atoms with Crippen molar-refractivity contribution in [3.8, 4) is 5.75 Å². The van der Waals surface area contributed by atoms with Gasteiger partial charge in [-0.3, -0.25) is 4.79 Å². The fourth-order valence-corrected chi connectivity index (χ4v) is 1.16. The van der Waals surface area contributed by atoms with Crippen LogP contribution in [0.3, 0.4) is 0 Å². The van der Waals surface area contributed by atoms with Crippen molar-refractivity contribution in [1.82, 2.24) is 0 Å². The minimum Gasteiger partial charge on any atom is -0.484 e. The van der Waals surface area contributed by atoms with Crippen molar-refractivity contribution in [1.29, 1.82) is 0 Å². The highest BCUT2D eigenvalue weighted by Crippen LogP contribution is 2.18. The number of ether oxygens (including phenoxy) is 1. The molecule has 0 atom stereocenters. The molecule has 0 N–H and O–H groups in total. The molecule has 0 aromatic heterocycles. The average molecular weight is 211 g/mol. The molecule has 0 saturated carbocycles. The van der Waals surface area contributed by atoms with Gasteiger partial charge in [0.05, 0.1) is 0 Å². The van der Waals surface area contributed by atoms with Gasteiger partial charge < -0.3 is 4.74 Å². The van der Waals surface area contributed by atoms with Crippen LogP contribution in [0, 0.1) is 0 Å². The largest absolute Gasteiger partial charge is 0.484 e. The lowest BCUT2D eigenvalue weighted by atomic mass is 10.1. The van der Waals surface area contributed by atoms with Gasteiger partial charge in [-0.25, -0.2) is 0 Å². The summed E-state index contributed by atoms with van der Waals surface area (Å²) in [6.07, 6.45) is 2.50. The van der Waals surface area contributed by atoms with Gasteiger partial charge >= 0.3 is 0 Å². The van der Waals surface area contributed by atoms with Gasteiger partial charge in [-0.2, -0.15) is 0 Å². The third-order valence-electron chi connectivity index (χ3n) is 1.68. The van der Waals surface area contributed by atoms with Crippen molar-refractivity contribution in [2.45, 2.75) is 6.42 Å². The molecule has 0 heterocycles. The topological polar surface area (TPSA) is 26.3 Å². The summed E-state index contributed by atoms with van der Waals surface area (Å²) in [6.45, 7) is 3.54. The van der Waals surface area contributed by atoms with Gasteiger partial charge in [0.1, 0.15) is 5.75 Å². The summed E-state index contributed by atoms with van der Waals surface area (Å²) >= 11 is 5.17. The van der Waals surface area contributed by atoms with Gasteiger partial charge in [-0.15, -0.1) is 6.58 Å². The fraction of sp³-hybridized carbons (Fsp3) is 0.182. The number of allylic oxidation sites excluding steroid dienone is 1. The van der Waals surface area contributed by atoms with E-state index in [9.17, 15) is 4.79 Å². The number of benzene rings is 1. The molecule has 0 aliphatic heterocycles. The van der Waals surface area contributed by atoms with E-state index in [2.05, 4.69) is 6.58 Å². The van der Waals surface area contributed by atoms with Gasteiger partial charge in [0.2, 0.25) is 0 Å². The Morgan fingerprint density at radius 2 is 2.21 bits per heavy atom. The fourth-order valence-electron chi connectivity index (χ4n) is 1.10. The summed E-state index contributed by atoms with van der Waals surface area (Å²) in [6, 6.07) is 7.49. The first-order valence-electron chi connectivity index (χ1n) is 4.24. The maximum atomic E-state index is 10.5. The minimum atomic E-state index is -0.501. The van der Waals surface area contributed by atoms with Crippen LogP contribution in [0.5, 0.6) is 5.75 Å². The van der Waals surface area contributed by atoms with E-state index in [1.807, 2.05) is 18.2 Å². The molecular formula is C11H11ClO2. The van der Waals surface area contributed by atoms with E-state index >= 15 is 0 Å². The number of hydrogen-bond acceptors (Lipinski definition) is 2. The molecule has 0 radical (unpaired) electrons. The van der Waals surface area contributed by atoms with Crippen LogP contribution in [0.25, 0.3) is 0 Å². The summed E-state index contributed by atoms with van der Waals surface area (Å²) in [4.78, 5) is 10.5. The highest BCUT2D eigenvalue weighted by molar-refractivity contribution is 6.63. The Morgan fingerprint density at radius 3 is 2.86 bits per heavy atom. The van der Waals surface area contributed by atoms with E-state index < -0.39 is 5.24 Å². The van der Waals surface area contributed by atoms with Gasteiger partial charge in [-0.05, 0) is 29.7 Å². The van der Waals surface area contributed by atoms with E-state index in [1.54, 1.807) is 12.1 Å². The molecule has 0 saturated heterocycles. The van der Waals surface area contributed by atoms with Crippen molar-refractivity contribution in [3.05, 3.63) is 42.5 Å². The summed E-state index contributed by atoms with van der Waals surface area (Å²) in [7, 11) is 0. The lowest BCUT2D eigenvalue weighted by Crippen LogP contribution is -2.05. The SMILES string of the molecule is C=CCc1ccccc1OCC(=O)Cl. The maximum absolute atomic E-state index is 10.5. The van der Waals surface area contributed by atoms with Crippen LogP contribution in [0.4, 0.5) is 0 Å². The van der Waals surface area contributed by atoms with E-state index in [1.165, 1.54) is 0 Å². The van der Waals surface area contributed by atoms with Crippen LogP contribution >= 0.6 is 11.6 Å². The first-order chi connectivity index (χ1) is 6.74. The monoisotopic (exact) mass is 210 g/mol. The summed E-state index contributed by atoms with van der Waals surface area (Å²) in [5, 5.41) is -0.501. The summed E-state index contributed by atoms with van der Waals surface area (Å²) in [5.74, 6) is 0.682. The molecule has 0 fully saturated rings. The van der Waals surface area contributed by atoms with Crippen LogP contribution in [-0.2, 0) is 11.2 Å². The molecule has 3 heteroatoms. The van der Waals surface area contributed by atoms with E-state index in [0.717, 1.165) is 5.56 Å². The molecule has 74 valence electrons. The quantitative estimate of drug-likeness (QED) is 0.552. The second kappa shape index (κ2) is 5.45. The molecule has 0 unspecified atom stereocenters. The Bertz CT molecular complexity index is 334. The third kappa shape index (κ3) is 3.23. The van der Waals surface area contributed by atoms with Crippen LogP contribution in [-0.4, -0.2) is 11.8 Å². The van der Waals surface area contributed by atoms with Crippen LogP contribution in [0.1, 0.15) is 5.56 Å². The second-order valence-electron chi connectivity index (χ2n) is 2.74. The third-order valence-corrected chi connectivity index (χ3v) is 1.79. The molecule has 1 aromatic carbocycles. The van der Waals surface area contributed by atoms with Gasteiger partial charge in [0.25, 0.3) is 5.24 Å². The zero-order valence-corrected chi connectivity index (χ0v) is 8.46. The van der Waals surface area contributed by atoms with E-state index in [-0.39, 0.29) is 6.61 Å². The normalized spacial score (nSPS) is 9.50. The van der Waals surface area contributed by atoms with Gasteiger partial charge in [0.15, 0.2) is 6.61 Å². The molecule has 0 spiro atoms. The Morgan fingerprint density at radius 1 is 1.50 bits per heavy atom. The van der Waals surface area contributed by atoms with E-state index in [4.69, 9.17) is 16.3 Å². The Balaban J connectivity index is 2.73. The first kappa shape index (κ1) is 10.8. The van der Waals surface area contributed by atoms with Crippen molar-refractivity contribution < 1.29 is 9.53 Å². The zero-order valence-electron chi connectivity index (χ0n) is 7.70. The molecule has 1 aromatic rings. The Hall–Kier alpha value is -1.28. The molecule has 14 heavy (non-hydrogen) atoms. The number of halogens is 1. The Kier molecular flexibility index (Phi) is 4.20. The van der Waals surface area contributed by atoms with E-state index in [0.29, 0.717) is 12.2 Å². The lowest BCUT2D eigenvalue weighted by Gasteiger charge is -2.07. The average Bonchev–Trinajstić information content (AvgIpc) is 2.17. The Labute approximate surface area is 88.1 Å². The standard InChI is InChI=1S/C11H11ClO2/c1-2-5-9-6-3-4-7-10(9)14-8-11(12)13/h2-4,6-7H,1,5,8H2. The van der Waals surface area contributed by atoms with Crippen molar-refractivity contribution in [3.63, 3.8) is 0 Å². The number of rotatable bonds is 5. The molecule has 0 amide bonds. The van der Waals surface area contributed by atoms with Gasteiger partial charge in [0, 0.05) is 0 Å². The first-order valence-corrected chi connectivity index (χ1v) is 4.61. The molecule has 0 aliphatic rings. The molecule has 0 bridgehead atoms. The molecular weight excluding hydrogens is 200 g/mol. The zero-order chi connectivity index (χ0) is 10.4. The van der Waals surface area contributed by atoms with Crippen molar-refractivity contribution in [2.24, 2.45) is 0 Å². The lowest BCUT2D eigenvalue weighted by molar-refractivity contribution is -0.113. The second-order valence-corrected chi connectivity index (χ2v) is 3.17. The molecule has 2 nitrogen and oxygen atoms in total. The van der Waals surface area contributed by atoms with Crippen LogP contribution in [0.15, 0.2) is 36.9 Å². The highest BCUT2D eigenvalue weighted by Gasteiger charge is 2.02. The number of para-hydroxylation sites is 1. The predicted octanol–water partition coefficient (Wildman–Crippen LogP) is 2.56. The van der Waals surface area contributed by atoms with Crippen LogP contribution < -0.4 is 4.74 Å². The summed E-state index contributed by atoms with van der Waals surface area (Å²) in [5.41, 5.74) is 1.00. The molecule has 0 aliphatic carbocycles. The highest BCUT2D eigenvalue weighted by atomic mass is 35.5. The number of hydrogen-bond donors (Lipinski definition) is 0.